The number of carbonyl (C=O) groups excluding carboxylic acids is 1. The second kappa shape index (κ2) is 7.82. The number of nitrogens with one attached hydrogen (secondary N) is 1. The van der Waals surface area contributed by atoms with Crippen molar-refractivity contribution in [1.82, 2.24) is 15.0 Å². The van der Waals surface area contributed by atoms with E-state index in [1.54, 1.807) is 30.5 Å². The molecule has 1 aliphatic carbocycles. The molecule has 1 aromatic carbocycles. The van der Waals surface area contributed by atoms with Crippen molar-refractivity contribution in [3.63, 3.8) is 0 Å². The van der Waals surface area contributed by atoms with Crippen LogP contribution >= 0.6 is 11.8 Å². The number of alkyl halides is 3. The van der Waals surface area contributed by atoms with Gasteiger partial charge in [0.15, 0.2) is 10.9 Å². The number of aromatic nitrogens is 3. The van der Waals surface area contributed by atoms with Gasteiger partial charge in [0.25, 0.3) is 0 Å². The molecule has 0 saturated heterocycles. The molecule has 0 atom stereocenters. The molecule has 0 unspecified atom stereocenters. The third-order valence-electron chi connectivity index (χ3n) is 4.45. The minimum Gasteiger partial charge on any atom is -0.324 e. The highest BCUT2D eigenvalue weighted by molar-refractivity contribution is 7.99. The summed E-state index contributed by atoms with van der Waals surface area (Å²) in [5, 5.41) is 2.56. The van der Waals surface area contributed by atoms with Crippen molar-refractivity contribution in [3.05, 3.63) is 65.6 Å². The van der Waals surface area contributed by atoms with E-state index in [0.717, 1.165) is 17.3 Å². The molecule has 1 N–H and O–H groups in total. The fourth-order valence-corrected chi connectivity index (χ4v) is 3.86. The number of hydrogen-bond donors (Lipinski definition) is 1. The Labute approximate surface area is 168 Å². The van der Waals surface area contributed by atoms with Crippen LogP contribution in [0.15, 0.2) is 53.9 Å². The summed E-state index contributed by atoms with van der Waals surface area (Å²) in [5.74, 6) is -0.495. The van der Waals surface area contributed by atoms with E-state index in [1.807, 2.05) is 12.1 Å². The lowest BCUT2D eigenvalue weighted by molar-refractivity contribution is -0.142. The van der Waals surface area contributed by atoms with Crippen LogP contribution in [0.25, 0.3) is 11.3 Å². The number of fused-ring (bicyclic) bond motifs is 3. The molecule has 29 heavy (non-hydrogen) atoms. The zero-order chi connectivity index (χ0) is 20.4. The van der Waals surface area contributed by atoms with Crippen LogP contribution < -0.4 is 5.32 Å². The van der Waals surface area contributed by atoms with E-state index in [9.17, 15) is 18.0 Å². The van der Waals surface area contributed by atoms with Crippen molar-refractivity contribution in [3.8, 4) is 11.3 Å². The van der Waals surface area contributed by atoms with Gasteiger partial charge in [-0.3, -0.25) is 9.78 Å². The number of amides is 1. The molecule has 1 amide bonds. The van der Waals surface area contributed by atoms with E-state index >= 15 is 0 Å². The maximum absolute atomic E-state index is 13.6. The molecule has 0 radical (unpaired) electrons. The van der Waals surface area contributed by atoms with Gasteiger partial charge in [0.2, 0.25) is 5.91 Å². The van der Waals surface area contributed by atoms with Gasteiger partial charge < -0.3 is 5.32 Å². The van der Waals surface area contributed by atoms with Crippen LogP contribution in [0.4, 0.5) is 18.9 Å². The maximum atomic E-state index is 13.6. The molecule has 2 heterocycles. The van der Waals surface area contributed by atoms with Crippen molar-refractivity contribution in [2.75, 3.05) is 11.1 Å². The summed E-state index contributed by atoms with van der Waals surface area (Å²) in [4.78, 5) is 24.1. The number of benzene rings is 1. The minimum atomic E-state index is -4.59. The van der Waals surface area contributed by atoms with Crippen LogP contribution in [0, 0.1) is 0 Å². The molecule has 0 spiro atoms. The zero-order valence-corrected chi connectivity index (χ0v) is 15.8. The smallest absolute Gasteiger partial charge is 0.324 e. The normalized spacial score (nSPS) is 12.8. The summed E-state index contributed by atoms with van der Waals surface area (Å²) in [6.45, 7) is 0. The molecule has 148 valence electrons. The van der Waals surface area contributed by atoms with Gasteiger partial charge in [-0.15, -0.1) is 0 Å². The van der Waals surface area contributed by atoms with Crippen molar-refractivity contribution in [2.45, 2.75) is 24.2 Å². The Balaban J connectivity index is 1.62. The van der Waals surface area contributed by atoms with E-state index in [4.69, 9.17) is 0 Å². The Morgan fingerprint density at radius 1 is 1.10 bits per heavy atom. The van der Waals surface area contributed by atoms with Gasteiger partial charge in [0, 0.05) is 17.3 Å². The van der Waals surface area contributed by atoms with Gasteiger partial charge in [-0.2, -0.15) is 13.2 Å². The van der Waals surface area contributed by atoms with Crippen LogP contribution in [-0.4, -0.2) is 26.6 Å². The first-order chi connectivity index (χ1) is 13.9. The molecular formula is C20H15F3N4OS. The Kier molecular flexibility index (Phi) is 5.23. The van der Waals surface area contributed by atoms with Crippen molar-refractivity contribution in [1.29, 1.82) is 0 Å². The lowest BCUT2D eigenvalue weighted by Gasteiger charge is -2.22. The summed E-state index contributed by atoms with van der Waals surface area (Å²) in [5.41, 5.74) is 1.63. The summed E-state index contributed by atoms with van der Waals surface area (Å²) in [7, 11) is 0. The van der Waals surface area contributed by atoms with E-state index in [1.165, 1.54) is 6.20 Å². The fourth-order valence-electron chi connectivity index (χ4n) is 3.21. The Morgan fingerprint density at radius 2 is 1.93 bits per heavy atom. The minimum absolute atomic E-state index is 0.0749. The quantitative estimate of drug-likeness (QED) is 0.505. The van der Waals surface area contributed by atoms with E-state index in [0.29, 0.717) is 23.4 Å². The predicted octanol–water partition coefficient (Wildman–Crippen LogP) is 4.39. The molecule has 4 rings (SSSR count). The highest BCUT2D eigenvalue weighted by Crippen LogP contribution is 2.40. The van der Waals surface area contributed by atoms with Gasteiger partial charge in [0.05, 0.1) is 23.3 Å². The first-order valence-electron chi connectivity index (χ1n) is 8.81. The van der Waals surface area contributed by atoms with Crippen LogP contribution in [0.1, 0.15) is 16.8 Å². The van der Waals surface area contributed by atoms with Gasteiger partial charge in [-0.25, -0.2) is 9.97 Å². The first kappa shape index (κ1) is 19.4. The third kappa shape index (κ3) is 4.24. The second-order valence-corrected chi connectivity index (χ2v) is 7.36. The van der Waals surface area contributed by atoms with E-state index in [-0.39, 0.29) is 28.8 Å². The Bertz CT molecular complexity index is 1060. The number of hydrogen-bond acceptors (Lipinski definition) is 5. The molecule has 0 aliphatic heterocycles. The predicted molar refractivity (Wildman–Crippen MR) is 103 cm³/mol. The first-order valence-corrected chi connectivity index (χ1v) is 9.79. The summed E-state index contributed by atoms with van der Waals surface area (Å²) in [6, 6.07) is 10.6. The van der Waals surface area contributed by atoms with Crippen LogP contribution in [-0.2, 0) is 23.8 Å². The molecule has 3 aromatic rings. The molecule has 2 aromatic heterocycles. The number of pyridine rings is 1. The lowest BCUT2D eigenvalue weighted by atomic mass is 9.88. The number of rotatable bonds is 4. The van der Waals surface area contributed by atoms with Crippen LogP contribution in [0.3, 0.4) is 0 Å². The summed E-state index contributed by atoms with van der Waals surface area (Å²) < 4.78 is 40.9. The average Bonchev–Trinajstić information content (AvgIpc) is 2.71. The summed E-state index contributed by atoms with van der Waals surface area (Å²) >= 11 is 0.871. The number of anilines is 1. The molecule has 0 saturated carbocycles. The molecule has 0 fully saturated rings. The van der Waals surface area contributed by atoms with Crippen LogP contribution in [0.5, 0.6) is 0 Å². The highest BCUT2D eigenvalue weighted by atomic mass is 32.2. The van der Waals surface area contributed by atoms with Gasteiger partial charge in [-0.05, 0) is 30.5 Å². The Morgan fingerprint density at radius 3 is 2.69 bits per heavy atom. The standard InChI is InChI=1S/C20H15F3N4OS/c21-20(22,23)18-15-8-7-12-4-1-2-6-14(12)17(15)26-19(27-18)29-11-16(28)25-13-5-3-9-24-10-13/h1-6,9-10H,7-8,11H2,(H,25,28). The molecule has 5 nitrogen and oxygen atoms in total. The summed E-state index contributed by atoms with van der Waals surface area (Å²) in [6.07, 6.45) is -0.797. The monoisotopic (exact) mass is 416 g/mol. The number of thioether (sulfide) groups is 1. The lowest BCUT2D eigenvalue weighted by Crippen LogP contribution is -2.19. The van der Waals surface area contributed by atoms with Crippen molar-refractivity contribution >= 4 is 23.4 Å². The number of carbonyl (C=O) groups is 1. The maximum Gasteiger partial charge on any atom is 0.433 e. The average molecular weight is 416 g/mol. The SMILES string of the molecule is O=C(CSc1nc2c(c(C(F)(F)F)n1)CCc1ccccc1-2)Nc1cccnc1. The molecule has 0 bridgehead atoms. The van der Waals surface area contributed by atoms with Gasteiger partial charge >= 0.3 is 6.18 Å². The zero-order valence-electron chi connectivity index (χ0n) is 15.0. The van der Waals surface area contributed by atoms with Crippen LogP contribution in [0.2, 0.25) is 0 Å². The van der Waals surface area contributed by atoms with E-state index in [2.05, 4.69) is 20.3 Å². The largest absolute Gasteiger partial charge is 0.433 e. The third-order valence-corrected chi connectivity index (χ3v) is 5.30. The molecule has 1 aliphatic rings. The fraction of sp³-hybridized carbons (Fsp3) is 0.200. The second-order valence-electron chi connectivity index (χ2n) is 6.42. The number of aryl methyl sites for hydroxylation is 1. The Hall–Kier alpha value is -2.94. The molecular weight excluding hydrogens is 401 g/mol. The van der Waals surface area contributed by atoms with E-state index < -0.39 is 11.9 Å². The topological polar surface area (TPSA) is 67.8 Å². The van der Waals surface area contributed by atoms with Crippen molar-refractivity contribution in [2.24, 2.45) is 0 Å². The number of halogens is 3. The van der Waals surface area contributed by atoms with Gasteiger partial charge in [0.1, 0.15) is 0 Å². The van der Waals surface area contributed by atoms with Gasteiger partial charge in [-0.1, -0.05) is 36.0 Å². The molecule has 9 heteroatoms. The number of nitrogens with zero attached hydrogens (tertiary/aromatic N) is 3. The highest BCUT2D eigenvalue weighted by Gasteiger charge is 2.38. The van der Waals surface area contributed by atoms with Crippen molar-refractivity contribution < 1.29 is 18.0 Å².